The van der Waals surface area contributed by atoms with Gasteiger partial charge in [-0.2, -0.15) is 0 Å². The molecule has 0 saturated heterocycles. The highest BCUT2D eigenvalue weighted by Crippen LogP contribution is 2.38. The van der Waals surface area contributed by atoms with E-state index in [0.717, 1.165) is 23.1 Å². The molecule has 0 radical (unpaired) electrons. The van der Waals surface area contributed by atoms with Crippen LogP contribution in [0.1, 0.15) is 10.5 Å². The average molecular weight is 366 g/mol. The van der Waals surface area contributed by atoms with Gasteiger partial charge in [-0.15, -0.1) is 11.3 Å². The average Bonchev–Trinajstić information content (AvgIpc) is 3.36. The fraction of sp³-hybridized carbons (Fsp3) is 0.0526. The van der Waals surface area contributed by atoms with Gasteiger partial charge in [0.15, 0.2) is 22.7 Å². The molecule has 0 bridgehead atoms. The molecule has 0 spiro atoms. The summed E-state index contributed by atoms with van der Waals surface area (Å²) < 4.78 is 25.8. The first-order valence-corrected chi connectivity index (χ1v) is 8.73. The summed E-state index contributed by atoms with van der Waals surface area (Å²) in [5.41, 5.74) is 3.41. The van der Waals surface area contributed by atoms with Crippen LogP contribution in [0.2, 0.25) is 0 Å². The van der Waals surface area contributed by atoms with Crippen LogP contribution in [0.5, 0.6) is 11.5 Å². The molecule has 7 heteroatoms. The number of ether oxygens (including phenoxy) is 2. The minimum atomic E-state index is -0.303. The predicted octanol–water partition coefficient (Wildman–Crippen LogP) is 4.41. The lowest BCUT2D eigenvalue weighted by molar-refractivity contribution is 0.111. The maximum atomic E-state index is 13.2. The summed E-state index contributed by atoms with van der Waals surface area (Å²) in [6.07, 6.45) is 0.791. The van der Waals surface area contributed by atoms with Gasteiger partial charge >= 0.3 is 0 Å². The number of hydrogen-bond acceptors (Lipinski definition) is 5. The molecular weight excluding hydrogens is 355 g/mol. The highest BCUT2D eigenvalue weighted by Gasteiger charge is 2.21. The molecule has 0 saturated carbocycles. The second-order valence-electron chi connectivity index (χ2n) is 5.78. The molecule has 5 rings (SSSR count). The van der Waals surface area contributed by atoms with Gasteiger partial charge in [0.1, 0.15) is 17.2 Å². The van der Waals surface area contributed by atoms with E-state index in [9.17, 15) is 9.18 Å². The van der Waals surface area contributed by atoms with Gasteiger partial charge in [-0.3, -0.25) is 9.20 Å². The van der Waals surface area contributed by atoms with Crippen molar-refractivity contribution in [2.45, 2.75) is 0 Å². The van der Waals surface area contributed by atoms with Gasteiger partial charge in [-0.05, 0) is 48.0 Å². The van der Waals surface area contributed by atoms with Crippen LogP contribution in [-0.4, -0.2) is 22.5 Å². The van der Waals surface area contributed by atoms with Crippen LogP contribution in [0.15, 0.2) is 47.8 Å². The van der Waals surface area contributed by atoms with Crippen molar-refractivity contribution in [3.63, 3.8) is 0 Å². The number of carbonyl (C=O) groups is 1. The van der Waals surface area contributed by atoms with Crippen molar-refractivity contribution in [2.75, 3.05) is 6.79 Å². The van der Waals surface area contributed by atoms with Crippen LogP contribution in [0.25, 0.3) is 27.5 Å². The smallest absolute Gasteiger partial charge is 0.231 e. The number of benzene rings is 2. The lowest BCUT2D eigenvalue weighted by atomic mass is 10.1. The Morgan fingerprint density at radius 1 is 1.08 bits per heavy atom. The van der Waals surface area contributed by atoms with E-state index >= 15 is 0 Å². The van der Waals surface area contributed by atoms with Crippen molar-refractivity contribution in [3.05, 3.63) is 59.4 Å². The van der Waals surface area contributed by atoms with Crippen molar-refractivity contribution in [2.24, 2.45) is 0 Å². The maximum Gasteiger partial charge on any atom is 0.231 e. The number of halogens is 1. The number of imidazole rings is 1. The zero-order valence-electron chi connectivity index (χ0n) is 13.3. The zero-order chi connectivity index (χ0) is 17.7. The summed E-state index contributed by atoms with van der Waals surface area (Å²) in [5, 5.41) is 1.91. The first-order chi connectivity index (χ1) is 12.7. The number of nitrogens with zero attached hydrogens (tertiary/aromatic N) is 2. The van der Waals surface area contributed by atoms with Gasteiger partial charge in [-0.1, -0.05) is 0 Å². The van der Waals surface area contributed by atoms with Gasteiger partial charge in [-0.25, -0.2) is 9.37 Å². The van der Waals surface area contributed by atoms with Gasteiger partial charge in [0.25, 0.3) is 0 Å². The minimum absolute atomic E-state index is 0.187. The number of aldehydes is 1. The Kier molecular flexibility index (Phi) is 3.29. The van der Waals surface area contributed by atoms with Crippen LogP contribution in [0.3, 0.4) is 0 Å². The number of rotatable bonds is 3. The fourth-order valence-electron chi connectivity index (χ4n) is 3.07. The Bertz CT molecular complexity index is 1150. The van der Waals surface area contributed by atoms with E-state index in [0.29, 0.717) is 27.8 Å². The Morgan fingerprint density at radius 3 is 2.65 bits per heavy atom. The quantitative estimate of drug-likeness (QED) is 0.504. The molecule has 1 aliphatic heterocycles. The number of thiazole rings is 1. The standard InChI is InChI=1S/C19H11FN2O3S/c20-13-4-1-11(2-5-13)15-9-26-19-21-18(14(8-23)22(15)19)12-3-6-16-17(7-12)25-10-24-16/h1-9H,10H2. The van der Waals surface area contributed by atoms with Crippen molar-refractivity contribution in [1.29, 1.82) is 0 Å². The summed E-state index contributed by atoms with van der Waals surface area (Å²) in [6.45, 7) is 0.187. The van der Waals surface area contributed by atoms with E-state index in [2.05, 4.69) is 4.98 Å². The molecule has 2 aromatic heterocycles. The third-order valence-corrected chi connectivity index (χ3v) is 5.12. The Hall–Kier alpha value is -3.19. The van der Waals surface area contributed by atoms with E-state index in [1.165, 1.54) is 23.5 Å². The van der Waals surface area contributed by atoms with E-state index in [1.54, 1.807) is 22.6 Å². The molecule has 0 unspecified atom stereocenters. The number of fused-ring (bicyclic) bond motifs is 2. The van der Waals surface area contributed by atoms with E-state index in [-0.39, 0.29) is 12.6 Å². The number of hydrogen-bond donors (Lipinski definition) is 0. The molecule has 4 aromatic rings. The minimum Gasteiger partial charge on any atom is -0.454 e. The molecule has 2 aromatic carbocycles. The lowest BCUT2D eigenvalue weighted by Crippen LogP contribution is -1.94. The monoisotopic (exact) mass is 366 g/mol. The first-order valence-electron chi connectivity index (χ1n) is 7.85. The van der Waals surface area contributed by atoms with Gasteiger partial charge in [0.2, 0.25) is 6.79 Å². The predicted molar refractivity (Wildman–Crippen MR) is 95.4 cm³/mol. The Balaban J connectivity index is 1.70. The first kappa shape index (κ1) is 15.1. The maximum absolute atomic E-state index is 13.2. The molecule has 5 nitrogen and oxygen atoms in total. The van der Waals surface area contributed by atoms with Crippen LogP contribution in [-0.2, 0) is 0 Å². The summed E-state index contributed by atoms with van der Waals surface area (Å²) in [5.74, 6) is 1.01. The second-order valence-corrected chi connectivity index (χ2v) is 6.61. The lowest BCUT2D eigenvalue weighted by Gasteiger charge is -2.03. The fourth-order valence-corrected chi connectivity index (χ4v) is 3.97. The van der Waals surface area contributed by atoms with E-state index in [4.69, 9.17) is 9.47 Å². The SMILES string of the molecule is O=Cc1c(-c2ccc3c(c2)OCO3)nc2scc(-c3ccc(F)cc3)n12. The van der Waals surface area contributed by atoms with Crippen molar-refractivity contribution in [3.8, 4) is 34.0 Å². The summed E-state index contributed by atoms with van der Waals surface area (Å²) in [4.78, 5) is 17.2. The molecule has 0 N–H and O–H groups in total. The van der Waals surface area contributed by atoms with Crippen molar-refractivity contribution in [1.82, 2.24) is 9.38 Å². The molecule has 0 aliphatic carbocycles. The van der Waals surface area contributed by atoms with Gasteiger partial charge in [0, 0.05) is 10.9 Å². The number of aromatic nitrogens is 2. The Labute approximate surface area is 151 Å². The summed E-state index contributed by atoms with van der Waals surface area (Å²) in [7, 11) is 0. The van der Waals surface area contributed by atoms with E-state index < -0.39 is 0 Å². The third-order valence-electron chi connectivity index (χ3n) is 4.30. The number of carbonyl (C=O) groups excluding carboxylic acids is 1. The normalized spacial score (nSPS) is 12.7. The van der Waals surface area contributed by atoms with Gasteiger partial charge in [0.05, 0.1) is 5.69 Å². The summed E-state index contributed by atoms with van der Waals surface area (Å²) >= 11 is 1.43. The van der Waals surface area contributed by atoms with Crippen molar-refractivity contribution < 1.29 is 18.7 Å². The Morgan fingerprint density at radius 2 is 1.85 bits per heavy atom. The molecular formula is C19H11FN2O3S. The second kappa shape index (κ2) is 5.67. The molecule has 26 heavy (non-hydrogen) atoms. The van der Waals surface area contributed by atoms with Crippen LogP contribution in [0.4, 0.5) is 4.39 Å². The van der Waals surface area contributed by atoms with Gasteiger partial charge < -0.3 is 9.47 Å². The topological polar surface area (TPSA) is 52.8 Å². The summed E-state index contributed by atoms with van der Waals surface area (Å²) in [6, 6.07) is 11.6. The van der Waals surface area contributed by atoms with Crippen LogP contribution >= 0.6 is 11.3 Å². The highest BCUT2D eigenvalue weighted by atomic mass is 32.1. The zero-order valence-corrected chi connectivity index (χ0v) is 14.1. The molecule has 0 amide bonds. The molecule has 128 valence electrons. The van der Waals surface area contributed by atoms with E-state index in [1.807, 2.05) is 17.5 Å². The van der Waals surface area contributed by atoms with Crippen molar-refractivity contribution >= 4 is 22.6 Å². The molecule has 0 atom stereocenters. The third kappa shape index (κ3) is 2.21. The highest BCUT2D eigenvalue weighted by molar-refractivity contribution is 7.15. The molecule has 1 aliphatic rings. The largest absolute Gasteiger partial charge is 0.454 e. The van der Waals surface area contributed by atoms with Crippen LogP contribution in [0, 0.1) is 5.82 Å². The van der Waals surface area contributed by atoms with Crippen LogP contribution < -0.4 is 9.47 Å². The molecule has 0 fully saturated rings. The molecule has 3 heterocycles.